The first-order valence-electron chi connectivity index (χ1n) is 11.6. The average molecular weight is 467 g/mol. The van der Waals surface area contributed by atoms with Gasteiger partial charge in [0.2, 0.25) is 0 Å². The Balaban J connectivity index is 1.21. The van der Waals surface area contributed by atoms with Crippen LogP contribution in [0.3, 0.4) is 0 Å². The highest BCUT2D eigenvalue weighted by Gasteiger charge is 2.16. The van der Waals surface area contributed by atoms with Crippen molar-refractivity contribution in [2.24, 2.45) is 0 Å². The van der Waals surface area contributed by atoms with E-state index in [9.17, 15) is 4.79 Å². The zero-order valence-electron chi connectivity index (χ0n) is 19.5. The van der Waals surface area contributed by atoms with Crippen molar-refractivity contribution >= 4 is 17.1 Å². The van der Waals surface area contributed by atoms with Gasteiger partial charge in [-0.1, -0.05) is 13.8 Å². The summed E-state index contributed by atoms with van der Waals surface area (Å²) in [5, 5.41) is 6.58. The summed E-state index contributed by atoms with van der Waals surface area (Å²) in [7, 11) is 0. The molecular weight excluding hydrogens is 436 g/mol. The minimum Gasteiger partial charge on any atom is -0.493 e. The fraction of sp³-hybridized carbons (Fsp3) is 0.360. The Labute approximate surface area is 198 Å². The predicted octanol–water partition coefficient (Wildman–Crippen LogP) is 4.30. The number of rotatable bonds is 11. The third-order valence-electron chi connectivity index (χ3n) is 5.23. The van der Waals surface area contributed by atoms with E-state index in [0.29, 0.717) is 49.2 Å². The lowest BCUT2D eigenvalue weighted by atomic mass is 10.2. The first-order valence-corrected chi connectivity index (χ1v) is 11.6. The number of urea groups is 1. The molecule has 2 aromatic heterocycles. The number of aromatic amines is 1. The molecule has 0 radical (unpaired) electrons. The molecule has 0 fully saturated rings. The van der Waals surface area contributed by atoms with Crippen molar-refractivity contribution in [1.82, 2.24) is 20.6 Å². The second-order valence-electron chi connectivity index (χ2n) is 7.81. The van der Waals surface area contributed by atoms with Crippen LogP contribution in [0.4, 0.5) is 4.79 Å². The zero-order chi connectivity index (χ0) is 23.8. The Morgan fingerprint density at radius 3 is 2.76 bits per heavy atom. The van der Waals surface area contributed by atoms with Gasteiger partial charge in [-0.2, -0.15) is 0 Å². The van der Waals surface area contributed by atoms with E-state index in [1.807, 2.05) is 25.3 Å². The Morgan fingerprint density at radius 2 is 1.94 bits per heavy atom. The second-order valence-corrected chi connectivity index (χ2v) is 7.81. The number of carbonyl (C=O) groups excluding carboxylic acids is 1. The van der Waals surface area contributed by atoms with Crippen LogP contribution < -0.4 is 29.6 Å². The lowest BCUT2D eigenvalue weighted by molar-refractivity contribution is 0.238. The molecule has 1 aliphatic heterocycles. The molecule has 9 nitrogen and oxygen atoms in total. The maximum Gasteiger partial charge on any atom is 0.315 e. The van der Waals surface area contributed by atoms with Gasteiger partial charge in [0.25, 0.3) is 0 Å². The van der Waals surface area contributed by atoms with Crippen molar-refractivity contribution in [3.05, 3.63) is 54.2 Å². The van der Waals surface area contributed by atoms with Crippen LogP contribution >= 0.6 is 0 Å². The van der Waals surface area contributed by atoms with Gasteiger partial charge in [0.05, 0.1) is 26.0 Å². The van der Waals surface area contributed by atoms with E-state index in [1.54, 1.807) is 18.3 Å². The second kappa shape index (κ2) is 11.3. The Morgan fingerprint density at radius 1 is 1.09 bits per heavy atom. The van der Waals surface area contributed by atoms with Gasteiger partial charge >= 0.3 is 6.03 Å². The number of fused-ring (bicyclic) bond motifs is 2. The number of benzene rings is 1. The number of aromatic nitrogens is 2. The maximum atomic E-state index is 11.7. The van der Waals surface area contributed by atoms with Crippen LogP contribution in [-0.2, 0) is 6.42 Å². The number of nitrogens with one attached hydrogen (secondary N) is 3. The quantitative estimate of drug-likeness (QED) is 0.364. The van der Waals surface area contributed by atoms with Crippen LogP contribution in [0.25, 0.3) is 11.0 Å². The van der Waals surface area contributed by atoms with E-state index in [0.717, 1.165) is 29.6 Å². The number of hydrogen-bond acceptors (Lipinski definition) is 6. The van der Waals surface area contributed by atoms with Gasteiger partial charge in [0, 0.05) is 30.6 Å². The molecule has 1 aliphatic rings. The van der Waals surface area contributed by atoms with Gasteiger partial charge in [-0.25, -0.2) is 9.78 Å². The summed E-state index contributed by atoms with van der Waals surface area (Å²) in [5.41, 5.74) is 2.10. The summed E-state index contributed by atoms with van der Waals surface area (Å²) >= 11 is 0. The van der Waals surface area contributed by atoms with E-state index < -0.39 is 0 Å². The van der Waals surface area contributed by atoms with Gasteiger partial charge in [-0.15, -0.1) is 0 Å². The summed E-state index contributed by atoms with van der Waals surface area (Å²) < 4.78 is 23.1. The summed E-state index contributed by atoms with van der Waals surface area (Å²) in [5.74, 6) is 3.05. The van der Waals surface area contributed by atoms with Crippen molar-refractivity contribution < 1.29 is 23.7 Å². The molecule has 9 heteroatoms. The van der Waals surface area contributed by atoms with Crippen molar-refractivity contribution in [1.29, 1.82) is 0 Å². The van der Waals surface area contributed by atoms with Crippen molar-refractivity contribution in [3.63, 3.8) is 0 Å². The fourth-order valence-corrected chi connectivity index (χ4v) is 3.45. The summed E-state index contributed by atoms with van der Waals surface area (Å²) in [6.45, 7) is 5.96. The minimum absolute atomic E-state index is 0.223. The zero-order valence-corrected chi connectivity index (χ0v) is 19.5. The number of carbonyl (C=O) groups is 1. The summed E-state index contributed by atoms with van der Waals surface area (Å²) in [4.78, 5) is 19.3. The SMILES string of the molecule is CCCNC(=O)NCC1=COc2ccc(OCCCOc3cnc4[nH]cc(CC)c4c3)cc2O1. The highest BCUT2D eigenvalue weighted by Crippen LogP contribution is 2.35. The third-order valence-corrected chi connectivity index (χ3v) is 5.23. The summed E-state index contributed by atoms with van der Waals surface area (Å²) in [6.07, 6.45) is 7.73. The molecule has 0 bridgehead atoms. The molecule has 3 aromatic rings. The molecule has 1 aromatic carbocycles. The van der Waals surface area contributed by atoms with Crippen LogP contribution in [0, 0.1) is 0 Å². The van der Waals surface area contributed by atoms with Gasteiger partial charge in [-0.3, -0.25) is 0 Å². The standard InChI is InChI=1S/C25H30N4O5/c1-3-8-26-25(30)29-15-20-16-33-22-7-6-18(12-23(22)34-20)31-9-5-10-32-19-11-21-17(4-2)13-27-24(21)28-14-19/h6-7,11-14,16H,3-5,8-10,15H2,1-2H3,(H,27,28)(H2,26,29,30). The van der Waals surface area contributed by atoms with Crippen LogP contribution in [-0.4, -0.2) is 42.3 Å². The topological polar surface area (TPSA) is 107 Å². The molecule has 0 unspecified atom stereocenters. The van der Waals surface area contributed by atoms with Gasteiger partial charge in [0.1, 0.15) is 23.4 Å². The molecule has 0 aliphatic carbocycles. The van der Waals surface area contributed by atoms with Gasteiger partial charge in [0.15, 0.2) is 17.3 Å². The molecule has 0 saturated carbocycles. The average Bonchev–Trinajstić information content (AvgIpc) is 3.28. The number of aryl methyl sites for hydroxylation is 1. The van der Waals surface area contributed by atoms with E-state index in [2.05, 4.69) is 27.5 Å². The molecule has 34 heavy (non-hydrogen) atoms. The number of H-pyrrole nitrogens is 1. The van der Waals surface area contributed by atoms with Crippen molar-refractivity contribution in [2.45, 2.75) is 33.1 Å². The monoisotopic (exact) mass is 466 g/mol. The van der Waals surface area contributed by atoms with E-state index in [-0.39, 0.29) is 12.6 Å². The summed E-state index contributed by atoms with van der Waals surface area (Å²) in [6, 6.07) is 7.17. The van der Waals surface area contributed by atoms with Crippen LogP contribution in [0.2, 0.25) is 0 Å². The molecule has 180 valence electrons. The molecule has 0 spiro atoms. The number of ether oxygens (including phenoxy) is 4. The molecule has 0 saturated heterocycles. The van der Waals surface area contributed by atoms with Gasteiger partial charge in [-0.05, 0) is 36.6 Å². The number of hydrogen-bond donors (Lipinski definition) is 3. The van der Waals surface area contributed by atoms with Crippen molar-refractivity contribution in [3.8, 4) is 23.0 Å². The molecule has 3 N–H and O–H groups in total. The fourth-order valence-electron chi connectivity index (χ4n) is 3.45. The Kier molecular flexibility index (Phi) is 7.75. The lowest BCUT2D eigenvalue weighted by Crippen LogP contribution is -2.37. The van der Waals surface area contributed by atoms with E-state index in [4.69, 9.17) is 18.9 Å². The largest absolute Gasteiger partial charge is 0.493 e. The Bertz CT molecular complexity index is 1160. The normalized spacial score (nSPS) is 12.2. The highest BCUT2D eigenvalue weighted by molar-refractivity contribution is 5.80. The van der Waals surface area contributed by atoms with Crippen LogP contribution in [0.15, 0.2) is 48.7 Å². The lowest BCUT2D eigenvalue weighted by Gasteiger charge is -2.19. The van der Waals surface area contributed by atoms with E-state index >= 15 is 0 Å². The van der Waals surface area contributed by atoms with Crippen LogP contribution in [0.5, 0.6) is 23.0 Å². The van der Waals surface area contributed by atoms with Crippen LogP contribution in [0.1, 0.15) is 32.3 Å². The third kappa shape index (κ3) is 5.92. The molecule has 3 heterocycles. The van der Waals surface area contributed by atoms with Gasteiger partial charge < -0.3 is 34.6 Å². The molecule has 2 amide bonds. The van der Waals surface area contributed by atoms with E-state index in [1.165, 1.54) is 11.8 Å². The molecule has 0 atom stereocenters. The number of nitrogens with zero attached hydrogens (tertiary/aromatic N) is 1. The molecular formula is C25H30N4O5. The Hall–Kier alpha value is -3.88. The maximum absolute atomic E-state index is 11.7. The number of pyridine rings is 1. The first-order chi connectivity index (χ1) is 16.7. The predicted molar refractivity (Wildman–Crippen MR) is 129 cm³/mol. The molecule has 4 rings (SSSR count). The highest BCUT2D eigenvalue weighted by atomic mass is 16.6. The minimum atomic E-state index is -0.244. The number of amides is 2. The van der Waals surface area contributed by atoms with Crippen molar-refractivity contribution in [2.75, 3.05) is 26.3 Å². The first kappa shape index (κ1) is 23.3. The smallest absolute Gasteiger partial charge is 0.315 e.